The van der Waals surface area contributed by atoms with Crippen LogP contribution in [0, 0.1) is 0 Å². The van der Waals surface area contributed by atoms with Crippen LogP contribution in [0.1, 0.15) is 17.5 Å². The number of aliphatic imine (C=N–C) groups is 1. The molecule has 4 N–H and O–H groups in total. The van der Waals surface area contributed by atoms with E-state index in [0.29, 0.717) is 5.69 Å². The summed E-state index contributed by atoms with van der Waals surface area (Å²) >= 11 is 0. The number of aliphatic hydroxyl groups excluding tert-OH is 4. The average Bonchev–Trinajstić information content (AvgIpc) is 2.90. The van der Waals surface area contributed by atoms with Crippen LogP contribution < -0.4 is 0 Å². The molecule has 0 radical (unpaired) electrons. The molecule has 19 heavy (non-hydrogen) atoms. The minimum atomic E-state index is -1.44. The van der Waals surface area contributed by atoms with Crippen LogP contribution in [-0.4, -0.2) is 51.6 Å². The molecule has 0 saturated carbocycles. The second-order valence-electron chi connectivity index (χ2n) is 4.82. The van der Waals surface area contributed by atoms with Crippen LogP contribution in [0.4, 0.5) is 5.69 Å². The quantitative estimate of drug-likeness (QED) is 0.562. The van der Waals surface area contributed by atoms with Crippen molar-refractivity contribution >= 4 is 11.9 Å². The first-order valence-corrected chi connectivity index (χ1v) is 6.43. The molecule has 0 aromatic heterocycles. The van der Waals surface area contributed by atoms with Gasteiger partial charge in [0.2, 0.25) is 0 Å². The summed E-state index contributed by atoms with van der Waals surface area (Å²) in [5.41, 5.74) is 3.33. The Balaban J connectivity index is 2.02. The van der Waals surface area contributed by atoms with E-state index in [1.54, 1.807) is 0 Å². The molecular formula is C14H19NO4. The van der Waals surface area contributed by atoms with Crippen molar-refractivity contribution in [3.8, 4) is 0 Å². The molecule has 1 aliphatic rings. The van der Waals surface area contributed by atoms with E-state index < -0.39 is 24.9 Å². The number of fused-ring (bicyclic) bond motifs is 1. The highest BCUT2D eigenvalue weighted by Gasteiger charge is 2.22. The van der Waals surface area contributed by atoms with Gasteiger partial charge in [-0.25, -0.2) is 0 Å². The third kappa shape index (κ3) is 3.39. The Bertz CT molecular complexity index is 461. The zero-order valence-electron chi connectivity index (χ0n) is 10.6. The molecule has 0 amide bonds. The van der Waals surface area contributed by atoms with Gasteiger partial charge in [-0.15, -0.1) is 0 Å². The molecule has 0 fully saturated rings. The highest BCUT2D eigenvalue weighted by atomic mass is 16.4. The Morgan fingerprint density at radius 3 is 2.63 bits per heavy atom. The molecule has 1 aromatic rings. The van der Waals surface area contributed by atoms with Crippen molar-refractivity contribution < 1.29 is 20.4 Å². The standard InChI is InChI=1S/C14H19NO4/c16-8-13(18)14(19)12(17)7-15-11-5-4-9-2-1-3-10(9)6-11/h4-7,12-14,16-19H,1-3,8H2/t12-,13-,14+/m0/s1. The van der Waals surface area contributed by atoms with E-state index in [9.17, 15) is 15.3 Å². The minimum absolute atomic E-state index is 0.606. The Hall–Kier alpha value is -1.27. The van der Waals surface area contributed by atoms with Gasteiger partial charge in [-0.05, 0) is 42.5 Å². The zero-order valence-corrected chi connectivity index (χ0v) is 10.6. The number of hydrogen-bond donors (Lipinski definition) is 4. The number of nitrogens with zero attached hydrogens (tertiary/aromatic N) is 1. The third-order valence-corrected chi connectivity index (χ3v) is 3.39. The SMILES string of the molecule is OC[C@H](O)[C@H](O)[C@@H](O)C=Nc1ccc2c(c1)CCC2. The van der Waals surface area contributed by atoms with E-state index in [2.05, 4.69) is 4.99 Å². The lowest BCUT2D eigenvalue weighted by Crippen LogP contribution is -2.40. The molecule has 3 atom stereocenters. The molecule has 0 unspecified atom stereocenters. The highest BCUT2D eigenvalue weighted by molar-refractivity contribution is 5.68. The maximum atomic E-state index is 9.60. The van der Waals surface area contributed by atoms with E-state index in [0.717, 1.165) is 19.3 Å². The fourth-order valence-corrected chi connectivity index (χ4v) is 2.22. The van der Waals surface area contributed by atoms with Gasteiger partial charge in [0, 0.05) is 6.21 Å². The van der Waals surface area contributed by atoms with Crippen LogP contribution in [0.5, 0.6) is 0 Å². The minimum Gasteiger partial charge on any atom is -0.394 e. The van der Waals surface area contributed by atoms with Crippen molar-refractivity contribution in [3.63, 3.8) is 0 Å². The van der Waals surface area contributed by atoms with Crippen LogP contribution in [0.15, 0.2) is 23.2 Å². The number of aliphatic hydroxyl groups is 4. The van der Waals surface area contributed by atoms with E-state index in [4.69, 9.17) is 5.11 Å². The number of hydrogen-bond acceptors (Lipinski definition) is 5. The fourth-order valence-electron chi connectivity index (χ4n) is 2.22. The molecule has 2 rings (SSSR count). The summed E-state index contributed by atoms with van der Waals surface area (Å²) in [6.07, 6.45) is 0.364. The average molecular weight is 265 g/mol. The molecule has 0 heterocycles. The first-order valence-electron chi connectivity index (χ1n) is 6.43. The molecule has 104 valence electrons. The second kappa shape index (κ2) is 6.25. The largest absolute Gasteiger partial charge is 0.394 e. The summed E-state index contributed by atoms with van der Waals surface area (Å²) in [5, 5.41) is 37.0. The summed E-state index contributed by atoms with van der Waals surface area (Å²) in [4.78, 5) is 4.09. The molecular weight excluding hydrogens is 246 g/mol. The van der Waals surface area contributed by atoms with Gasteiger partial charge < -0.3 is 20.4 Å². The van der Waals surface area contributed by atoms with Gasteiger partial charge in [-0.3, -0.25) is 4.99 Å². The van der Waals surface area contributed by atoms with Crippen molar-refractivity contribution in [3.05, 3.63) is 29.3 Å². The smallest absolute Gasteiger partial charge is 0.118 e. The van der Waals surface area contributed by atoms with Crippen LogP contribution in [0.2, 0.25) is 0 Å². The predicted octanol–water partition coefficient (Wildman–Crippen LogP) is -0.0474. The van der Waals surface area contributed by atoms with Crippen molar-refractivity contribution in [1.82, 2.24) is 0 Å². The van der Waals surface area contributed by atoms with Gasteiger partial charge in [0.25, 0.3) is 0 Å². The van der Waals surface area contributed by atoms with E-state index >= 15 is 0 Å². The summed E-state index contributed by atoms with van der Waals surface area (Å²) in [7, 11) is 0. The molecule has 5 nitrogen and oxygen atoms in total. The fraction of sp³-hybridized carbons (Fsp3) is 0.500. The monoisotopic (exact) mass is 265 g/mol. The van der Waals surface area contributed by atoms with Crippen molar-refractivity contribution in [2.24, 2.45) is 4.99 Å². The lowest BCUT2D eigenvalue weighted by atomic mass is 10.1. The summed E-state index contributed by atoms with van der Waals surface area (Å²) in [5.74, 6) is 0. The van der Waals surface area contributed by atoms with E-state index in [1.165, 1.54) is 17.3 Å². The number of benzene rings is 1. The van der Waals surface area contributed by atoms with Gasteiger partial charge in [0.1, 0.15) is 18.3 Å². The molecule has 0 spiro atoms. The lowest BCUT2D eigenvalue weighted by Gasteiger charge is -2.18. The van der Waals surface area contributed by atoms with Crippen molar-refractivity contribution in [2.45, 2.75) is 37.6 Å². The summed E-state index contributed by atoms with van der Waals surface area (Å²) < 4.78 is 0. The van der Waals surface area contributed by atoms with Gasteiger partial charge in [0.05, 0.1) is 12.3 Å². The van der Waals surface area contributed by atoms with Crippen LogP contribution in [0.25, 0.3) is 0 Å². The molecule has 0 aliphatic heterocycles. The van der Waals surface area contributed by atoms with Gasteiger partial charge >= 0.3 is 0 Å². The van der Waals surface area contributed by atoms with Crippen molar-refractivity contribution in [1.29, 1.82) is 0 Å². The second-order valence-corrected chi connectivity index (χ2v) is 4.82. The van der Waals surface area contributed by atoms with E-state index in [1.807, 2.05) is 18.2 Å². The molecule has 1 aliphatic carbocycles. The molecule has 1 aromatic carbocycles. The maximum Gasteiger partial charge on any atom is 0.118 e. The Kier molecular flexibility index (Phi) is 4.66. The van der Waals surface area contributed by atoms with Crippen molar-refractivity contribution in [2.75, 3.05) is 6.61 Å². The maximum absolute atomic E-state index is 9.60. The lowest BCUT2D eigenvalue weighted by molar-refractivity contribution is -0.0541. The van der Waals surface area contributed by atoms with Gasteiger partial charge in [-0.2, -0.15) is 0 Å². The van der Waals surface area contributed by atoms with E-state index in [-0.39, 0.29) is 0 Å². The highest BCUT2D eigenvalue weighted by Crippen LogP contribution is 2.26. The Morgan fingerprint density at radius 2 is 1.89 bits per heavy atom. The Labute approximate surface area is 111 Å². The summed E-state index contributed by atoms with van der Waals surface area (Å²) in [6, 6.07) is 5.86. The van der Waals surface area contributed by atoms with Crippen LogP contribution in [-0.2, 0) is 12.8 Å². The van der Waals surface area contributed by atoms with Gasteiger partial charge in [-0.1, -0.05) is 6.07 Å². The zero-order chi connectivity index (χ0) is 13.8. The normalized spacial score (nSPS) is 19.4. The molecule has 5 heteroatoms. The predicted molar refractivity (Wildman–Crippen MR) is 71.7 cm³/mol. The molecule has 0 bridgehead atoms. The third-order valence-electron chi connectivity index (χ3n) is 3.39. The van der Waals surface area contributed by atoms with Gasteiger partial charge in [0.15, 0.2) is 0 Å². The van der Waals surface area contributed by atoms with Crippen LogP contribution >= 0.6 is 0 Å². The molecule has 0 saturated heterocycles. The number of rotatable bonds is 5. The van der Waals surface area contributed by atoms with Crippen LogP contribution in [0.3, 0.4) is 0 Å². The number of aryl methyl sites for hydroxylation is 2. The first kappa shape index (κ1) is 14.1. The Morgan fingerprint density at radius 1 is 1.16 bits per heavy atom. The topological polar surface area (TPSA) is 93.3 Å². The summed E-state index contributed by atoms with van der Waals surface area (Å²) in [6.45, 7) is -0.606. The first-order chi connectivity index (χ1) is 9.11.